The van der Waals surface area contributed by atoms with Gasteiger partial charge >= 0.3 is 0 Å². The van der Waals surface area contributed by atoms with E-state index in [0.29, 0.717) is 11.0 Å². The van der Waals surface area contributed by atoms with E-state index < -0.39 is 4.92 Å². The predicted octanol–water partition coefficient (Wildman–Crippen LogP) is 1.61. The Morgan fingerprint density at radius 1 is 1.59 bits per heavy atom. The number of nitrogens with zero attached hydrogens (tertiary/aromatic N) is 3. The molecule has 0 aromatic carbocycles. The number of anilines is 1. The van der Waals surface area contributed by atoms with Crippen LogP contribution in [-0.2, 0) is 0 Å². The van der Waals surface area contributed by atoms with E-state index in [0.717, 1.165) is 31.4 Å². The molecule has 0 saturated carbocycles. The number of halogens is 1. The second-order valence-electron chi connectivity index (χ2n) is 3.57. The topological polar surface area (TPSA) is 71.3 Å². The molecule has 2 rings (SSSR count). The Bertz CT molecular complexity index is 446. The second-order valence-corrected chi connectivity index (χ2v) is 3.96. The Labute approximate surface area is 103 Å². The summed E-state index contributed by atoms with van der Waals surface area (Å²) < 4.78 is 0. The Balaban J connectivity index is 2.27. The lowest BCUT2D eigenvalue weighted by Crippen LogP contribution is -2.39. The van der Waals surface area contributed by atoms with Crippen LogP contribution < -0.4 is 10.2 Å². The first-order valence-corrected chi connectivity index (χ1v) is 5.53. The highest BCUT2D eigenvalue weighted by Gasteiger charge is 2.19. The van der Waals surface area contributed by atoms with Crippen molar-refractivity contribution in [2.75, 3.05) is 18.0 Å². The third kappa shape index (κ3) is 2.85. The lowest BCUT2D eigenvalue weighted by Gasteiger charge is -2.30. The molecule has 1 fully saturated rings. The van der Waals surface area contributed by atoms with Crippen LogP contribution in [0.25, 0.3) is 0 Å². The molecular formula is C10H11ClN4O2. The number of hydrogen-bond acceptors (Lipinski definition) is 5. The molecule has 7 heteroatoms. The second kappa shape index (κ2) is 5.01. The minimum atomic E-state index is -0.468. The number of nitrogens with one attached hydrogen (secondary N) is 1. The molecule has 0 atom stereocenters. The van der Waals surface area contributed by atoms with Crippen molar-refractivity contribution in [3.8, 4) is 0 Å². The fraction of sp³-hybridized carbons (Fsp3) is 0.300. The quantitative estimate of drug-likeness (QED) is 0.493. The molecule has 90 valence electrons. The van der Waals surface area contributed by atoms with Crippen molar-refractivity contribution in [3.63, 3.8) is 0 Å². The summed E-state index contributed by atoms with van der Waals surface area (Å²) in [6.45, 7) is 1.45. The van der Waals surface area contributed by atoms with Gasteiger partial charge in [-0.2, -0.15) is 0 Å². The van der Waals surface area contributed by atoms with Crippen LogP contribution in [0.3, 0.4) is 0 Å². The summed E-state index contributed by atoms with van der Waals surface area (Å²) in [6.07, 6.45) is 3.48. The number of nitro groups is 1. The number of pyridine rings is 1. The van der Waals surface area contributed by atoms with Gasteiger partial charge in [-0.3, -0.25) is 10.1 Å². The van der Waals surface area contributed by atoms with Crippen LogP contribution in [0, 0.1) is 10.1 Å². The van der Waals surface area contributed by atoms with Crippen molar-refractivity contribution < 1.29 is 4.92 Å². The van der Waals surface area contributed by atoms with E-state index in [1.54, 1.807) is 18.3 Å². The van der Waals surface area contributed by atoms with Crippen LogP contribution in [0.1, 0.15) is 6.42 Å². The first kappa shape index (κ1) is 11.7. The smallest absolute Gasteiger partial charge is 0.274 e. The lowest BCUT2D eigenvalue weighted by molar-refractivity contribution is -0.403. The Morgan fingerprint density at radius 3 is 3.06 bits per heavy atom. The molecule has 0 spiro atoms. The molecule has 0 radical (unpaired) electrons. The SMILES string of the molecule is O=[N+]([O-])/C=C1\NCCCN1c1ccc(Cl)nc1. The van der Waals surface area contributed by atoms with Crippen molar-refractivity contribution in [2.24, 2.45) is 0 Å². The van der Waals surface area contributed by atoms with Crippen molar-refractivity contribution in [1.82, 2.24) is 10.3 Å². The molecule has 0 bridgehead atoms. The molecule has 2 heterocycles. The molecular weight excluding hydrogens is 244 g/mol. The zero-order valence-electron chi connectivity index (χ0n) is 8.97. The first-order valence-electron chi connectivity index (χ1n) is 5.15. The maximum Gasteiger partial charge on any atom is 0.274 e. The van der Waals surface area contributed by atoms with Crippen LogP contribution in [-0.4, -0.2) is 23.0 Å². The molecule has 1 aliphatic heterocycles. The largest absolute Gasteiger partial charge is 0.366 e. The zero-order chi connectivity index (χ0) is 12.3. The van der Waals surface area contributed by atoms with Crippen LogP contribution >= 0.6 is 11.6 Å². The van der Waals surface area contributed by atoms with Gasteiger partial charge < -0.3 is 10.2 Å². The van der Waals surface area contributed by atoms with E-state index in [9.17, 15) is 10.1 Å². The highest BCUT2D eigenvalue weighted by molar-refractivity contribution is 6.29. The predicted molar refractivity (Wildman–Crippen MR) is 64.3 cm³/mol. The Kier molecular flexibility index (Phi) is 3.43. The third-order valence-electron chi connectivity index (χ3n) is 2.41. The van der Waals surface area contributed by atoms with E-state index in [2.05, 4.69) is 10.3 Å². The van der Waals surface area contributed by atoms with Gasteiger partial charge in [0.05, 0.1) is 16.8 Å². The molecule has 1 saturated heterocycles. The standard InChI is InChI=1S/C10H11ClN4O2/c11-9-3-2-8(6-13-9)14-5-1-4-12-10(14)7-15(16)17/h2-3,6-7,12H,1,4-5H2/b10-7+. The molecule has 17 heavy (non-hydrogen) atoms. The fourth-order valence-electron chi connectivity index (χ4n) is 1.68. The number of aromatic nitrogens is 1. The van der Waals surface area contributed by atoms with Gasteiger partial charge in [0.2, 0.25) is 0 Å². The lowest BCUT2D eigenvalue weighted by atomic mass is 10.2. The average Bonchev–Trinajstić information content (AvgIpc) is 2.30. The van der Waals surface area contributed by atoms with Gasteiger partial charge in [-0.15, -0.1) is 0 Å². The van der Waals surface area contributed by atoms with Crippen LogP contribution in [0.2, 0.25) is 5.15 Å². The number of rotatable bonds is 2. The summed E-state index contributed by atoms with van der Waals surface area (Å²) in [5.41, 5.74) is 0.787. The van der Waals surface area contributed by atoms with Gasteiger partial charge in [0.25, 0.3) is 6.20 Å². The van der Waals surface area contributed by atoms with Gasteiger partial charge in [-0.1, -0.05) is 11.6 Å². The van der Waals surface area contributed by atoms with E-state index in [4.69, 9.17) is 11.6 Å². The molecule has 1 N–H and O–H groups in total. The van der Waals surface area contributed by atoms with Crippen molar-refractivity contribution in [1.29, 1.82) is 0 Å². The summed E-state index contributed by atoms with van der Waals surface area (Å²) >= 11 is 5.70. The van der Waals surface area contributed by atoms with Crippen molar-refractivity contribution in [3.05, 3.63) is 45.6 Å². The molecule has 0 unspecified atom stereocenters. The monoisotopic (exact) mass is 254 g/mol. The maximum absolute atomic E-state index is 10.5. The summed E-state index contributed by atoms with van der Waals surface area (Å²) in [6, 6.07) is 3.45. The average molecular weight is 255 g/mol. The summed E-state index contributed by atoms with van der Waals surface area (Å²) in [4.78, 5) is 15.8. The van der Waals surface area contributed by atoms with Gasteiger partial charge in [0.1, 0.15) is 5.15 Å². The van der Waals surface area contributed by atoms with Crippen LogP contribution in [0.15, 0.2) is 30.4 Å². The van der Waals surface area contributed by atoms with Crippen LogP contribution in [0.5, 0.6) is 0 Å². The highest BCUT2D eigenvalue weighted by atomic mass is 35.5. The van der Waals surface area contributed by atoms with E-state index in [1.807, 2.05) is 4.90 Å². The Hall–Kier alpha value is -1.82. The molecule has 1 aromatic heterocycles. The molecule has 1 aliphatic rings. The number of hydrogen-bond donors (Lipinski definition) is 1. The van der Waals surface area contributed by atoms with E-state index in [-0.39, 0.29) is 0 Å². The third-order valence-corrected chi connectivity index (χ3v) is 2.63. The minimum absolute atomic E-state index is 0.401. The van der Waals surface area contributed by atoms with Crippen LogP contribution in [0.4, 0.5) is 5.69 Å². The normalized spacial score (nSPS) is 17.9. The van der Waals surface area contributed by atoms with Gasteiger partial charge in [-0.25, -0.2) is 4.98 Å². The van der Waals surface area contributed by atoms with Gasteiger partial charge in [-0.05, 0) is 18.6 Å². The molecule has 0 aliphatic carbocycles. The first-order chi connectivity index (χ1) is 8.16. The fourth-order valence-corrected chi connectivity index (χ4v) is 1.79. The van der Waals surface area contributed by atoms with E-state index >= 15 is 0 Å². The summed E-state index contributed by atoms with van der Waals surface area (Å²) in [5, 5.41) is 13.9. The van der Waals surface area contributed by atoms with E-state index in [1.165, 1.54) is 0 Å². The van der Waals surface area contributed by atoms with Gasteiger partial charge in [0.15, 0.2) is 5.82 Å². The highest BCUT2D eigenvalue weighted by Crippen LogP contribution is 2.21. The molecule has 1 aromatic rings. The molecule has 0 amide bonds. The maximum atomic E-state index is 10.5. The van der Waals surface area contributed by atoms with Crippen molar-refractivity contribution in [2.45, 2.75) is 6.42 Å². The minimum Gasteiger partial charge on any atom is -0.366 e. The molecule has 6 nitrogen and oxygen atoms in total. The summed E-state index contributed by atoms with van der Waals surface area (Å²) in [5.74, 6) is 0.477. The Morgan fingerprint density at radius 2 is 2.41 bits per heavy atom. The summed E-state index contributed by atoms with van der Waals surface area (Å²) in [7, 11) is 0. The van der Waals surface area contributed by atoms with Crippen molar-refractivity contribution >= 4 is 17.3 Å². The zero-order valence-corrected chi connectivity index (χ0v) is 9.72. The van der Waals surface area contributed by atoms with Gasteiger partial charge in [0, 0.05) is 13.1 Å².